The molecule has 2 N–H and O–H groups in total. The number of nitrogens with one attached hydrogen (secondary N) is 2. The molecule has 1 aliphatic heterocycles. The molecule has 194 valence electrons. The molecule has 0 spiro atoms. The lowest BCUT2D eigenvalue weighted by molar-refractivity contribution is 0.0649. The van der Waals surface area contributed by atoms with Crippen LogP contribution in [-0.4, -0.2) is 58.2 Å². The molecule has 3 aromatic rings. The van der Waals surface area contributed by atoms with Crippen LogP contribution in [0.25, 0.3) is 0 Å². The fraction of sp³-hybridized carbons (Fsp3) is 0.333. The van der Waals surface area contributed by atoms with E-state index in [0.29, 0.717) is 53.7 Å². The molecule has 0 saturated carbocycles. The number of imidazole rings is 1. The minimum atomic E-state index is -0.230. The first-order valence-electron chi connectivity index (χ1n) is 12.3. The number of hydrogen-bond acceptors (Lipinski definition) is 6. The third-order valence-electron chi connectivity index (χ3n) is 6.12. The second-order valence-electron chi connectivity index (χ2n) is 8.69. The van der Waals surface area contributed by atoms with E-state index in [0.717, 1.165) is 30.9 Å². The van der Waals surface area contributed by atoms with Crippen molar-refractivity contribution in [3.05, 3.63) is 71.8 Å². The number of nitrogens with zero attached hydrogens (tertiary/aromatic N) is 3. The minimum Gasteiger partial charge on any atom is -0.493 e. The first kappa shape index (κ1) is 26.2. The minimum absolute atomic E-state index is 0.230. The van der Waals surface area contributed by atoms with E-state index in [-0.39, 0.29) is 11.8 Å². The van der Waals surface area contributed by atoms with Crippen LogP contribution in [0.15, 0.2) is 55.0 Å². The fourth-order valence-corrected chi connectivity index (χ4v) is 4.33. The van der Waals surface area contributed by atoms with Crippen molar-refractivity contribution >= 4 is 34.8 Å². The van der Waals surface area contributed by atoms with E-state index in [1.165, 1.54) is 4.90 Å². The Morgan fingerprint density at radius 2 is 1.76 bits per heavy atom. The van der Waals surface area contributed by atoms with E-state index in [9.17, 15) is 9.59 Å². The molecule has 0 radical (unpaired) electrons. The number of ether oxygens (including phenoxy) is 2. The van der Waals surface area contributed by atoms with Gasteiger partial charge < -0.3 is 24.7 Å². The van der Waals surface area contributed by atoms with Crippen LogP contribution in [0, 0.1) is 6.92 Å². The van der Waals surface area contributed by atoms with Gasteiger partial charge in [-0.15, -0.1) is 0 Å². The van der Waals surface area contributed by atoms with E-state index in [2.05, 4.69) is 20.2 Å². The molecule has 10 heteroatoms. The molecule has 37 heavy (non-hydrogen) atoms. The molecule has 0 atom stereocenters. The number of methoxy groups -OCH3 is 1. The van der Waals surface area contributed by atoms with Gasteiger partial charge in [0.15, 0.2) is 16.6 Å². The number of rotatable bonds is 12. The first-order valence-corrected chi connectivity index (χ1v) is 12.7. The monoisotopic (exact) mass is 521 g/mol. The predicted molar refractivity (Wildman–Crippen MR) is 145 cm³/mol. The van der Waals surface area contributed by atoms with Crippen LogP contribution in [-0.2, 0) is 6.54 Å². The number of aryl methyl sites for hydroxylation is 2. The molecule has 2 heterocycles. The number of unbranched alkanes of at least 4 members (excludes halogenated alkanes) is 1. The van der Waals surface area contributed by atoms with Crippen LogP contribution < -0.4 is 20.1 Å². The van der Waals surface area contributed by atoms with Crippen molar-refractivity contribution in [1.29, 1.82) is 0 Å². The molecule has 1 aliphatic rings. The summed E-state index contributed by atoms with van der Waals surface area (Å²) < 4.78 is 13.5. The highest BCUT2D eigenvalue weighted by Crippen LogP contribution is 2.30. The van der Waals surface area contributed by atoms with Crippen LogP contribution in [0.5, 0.6) is 11.5 Å². The average Bonchev–Trinajstić information content (AvgIpc) is 3.42. The van der Waals surface area contributed by atoms with Crippen molar-refractivity contribution in [2.45, 2.75) is 32.7 Å². The summed E-state index contributed by atoms with van der Waals surface area (Å²) in [7, 11) is 1.59. The Hall–Kier alpha value is -3.92. The summed E-state index contributed by atoms with van der Waals surface area (Å²) in [5.74, 6) is 0.742. The van der Waals surface area contributed by atoms with Crippen LogP contribution in [0.1, 0.15) is 45.7 Å². The van der Waals surface area contributed by atoms with Crippen molar-refractivity contribution in [1.82, 2.24) is 19.8 Å². The zero-order valence-electron chi connectivity index (χ0n) is 21.0. The summed E-state index contributed by atoms with van der Waals surface area (Å²) in [5.41, 5.74) is 2.87. The molecule has 0 unspecified atom stereocenters. The summed E-state index contributed by atoms with van der Waals surface area (Å²) in [5, 5.41) is 6.91. The SMILES string of the molecule is COc1cc(NC(=S)NCCCn2cncc2C)ccc1OCCCCN1C(=O)c2ccccc2C1=O. The highest BCUT2D eigenvalue weighted by molar-refractivity contribution is 7.80. The number of thiocarbonyl (C=S) groups is 1. The van der Waals surface area contributed by atoms with Crippen LogP contribution >= 0.6 is 12.2 Å². The maximum absolute atomic E-state index is 12.5. The Labute approximate surface area is 221 Å². The van der Waals surface area contributed by atoms with E-state index in [4.69, 9.17) is 21.7 Å². The number of fused-ring (bicyclic) bond motifs is 1. The summed E-state index contributed by atoms with van der Waals surface area (Å²) >= 11 is 5.41. The van der Waals surface area contributed by atoms with Crippen molar-refractivity contribution in [3.63, 3.8) is 0 Å². The zero-order valence-corrected chi connectivity index (χ0v) is 21.8. The Balaban J connectivity index is 1.18. The second-order valence-corrected chi connectivity index (χ2v) is 9.10. The van der Waals surface area contributed by atoms with Crippen molar-refractivity contribution < 1.29 is 19.1 Å². The van der Waals surface area contributed by atoms with Gasteiger partial charge in [0.25, 0.3) is 11.8 Å². The number of anilines is 1. The quantitative estimate of drug-likeness (QED) is 0.209. The maximum atomic E-state index is 12.5. The third-order valence-corrected chi connectivity index (χ3v) is 6.36. The van der Waals surface area contributed by atoms with Gasteiger partial charge in [0.2, 0.25) is 0 Å². The van der Waals surface area contributed by atoms with E-state index >= 15 is 0 Å². The van der Waals surface area contributed by atoms with Gasteiger partial charge in [-0.2, -0.15) is 0 Å². The van der Waals surface area contributed by atoms with Gasteiger partial charge in [-0.3, -0.25) is 14.5 Å². The molecule has 0 fully saturated rings. The maximum Gasteiger partial charge on any atom is 0.261 e. The van der Waals surface area contributed by atoms with Gasteiger partial charge >= 0.3 is 0 Å². The smallest absolute Gasteiger partial charge is 0.261 e. The molecule has 2 amide bonds. The molecule has 1 aromatic heterocycles. The average molecular weight is 522 g/mol. The van der Waals surface area contributed by atoms with Gasteiger partial charge in [0, 0.05) is 43.3 Å². The Kier molecular flexibility index (Phi) is 8.73. The molecular formula is C27H31N5O4S. The highest BCUT2D eigenvalue weighted by atomic mass is 32.1. The molecule has 9 nitrogen and oxygen atoms in total. The zero-order chi connectivity index (χ0) is 26.2. The van der Waals surface area contributed by atoms with E-state index < -0.39 is 0 Å². The van der Waals surface area contributed by atoms with Crippen LogP contribution in [0.2, 0.25) is 0 Å². The number of carbonyl (C=O) groups excluding carboxylic acids is 2. The molecule has 0 saturated heterocycles. The number of hydrogen-bond donors (Lipinski definition) is 2. The second kappa shape index (κ2) is 12.4. The van der Waals surface area contributed by atoms with Gasteiger partial charge in [-0.25, -0.2) is 4.98 Å². The summed E-state index contributed by atoms with van der Waals surface area (Å²) in [4.78, 5) is 30.3. The predicted octanol–water partition coefficient (Wildman–Crippen LogP) is 4.03. The Morgan fingerprint density at radius 3 is 2.43 bits per heavy atom. The normalized spacial score (nSPS) is 12.4. The lowest BCUT2D eigenvalue weighted by Gasteiger charge is -2.15. The Morgan fingerprint density at radius 1 is 1.00 bits per heavy atom. The molecule has 2 aromatic carbocycles. The number of carbonyl (C=O) groups is 2. The standard InChI is InChI=1S/C27H31N5O4S/c1-19-17-28-18-31(19)13-7-12-29-27(37)30-20-10-11-23(24(16-20)35-2)36-15-6-5-14-32-25(33)21-8-3-4-9-22(21)26(32)34/h3-4,8-11,16-18H,5-7,12-15H2,1-2H3,(H2,29,30,37). The molecule has 0 bridgehead atoms. The van der Waals surface area contributed by atoms with Gasteiger partial charge in [-0.1, -0.05) is 12.1 Å². The summed E-state index contributed by atoms with van der Waals surface area (Å²) in [6.45, 7) is 4.44. The Bertz CT molecular complexity index is 1240. The van der Waals surface area contributed by atoms with Crippen molar-refractivity contribution in [3.8, 4) is 11.5 Å². The van der Waals surface area contributed by atoms with Crippen LogP contribution in [0.3, 0.4) is 0 Å². The number of amides is 2. The van der Waals surface area contributed by atoms with Crippen molar-refractivity contribution in [2.75, 3.05) is 32.1 Å². The van der Waals surface area contributed by atoms with Crippen LogP contribution in [0.4, 0.5) is 5.69 Å². The van der Waals surface area contributed by atoms with Crippen molar-refractivity contribution in [2.24, 2.45) is 0 Å². The van der Waals surface area contributed by atoms with E-state index in [1.807, 2.05) is 37.6 Å². The molecular weight excluding hydrogens is 490 g/mol. The lowest BCUT2D eigenvalue weighted by Crippen LogP contribution is -2.30. The third kappa shape index (κ3) is 6.45. The first-order chi connectivity index (χ1) is 18.0. The number of benzene rings is 2. The number of aromatic nitrogens is 2. The lowest BCUT2D eigenvalue weighted by atomic mass is 10.1. The topological polar surface area (TPSA) is 97.7 Å². The summed E-state index contributed by atoms with van der Waals surface area (Å²) in [6.07, 6.45) is 5.92. The number of imide groups is 1. The molecule has 0 aliphatic carbocycles. The van der Waals surface area contributed by atoms with Gasteiger partial charge in [0.05, 0.1) is 31.2 Å². The largest absolute Gasteiger partial charge is 0.493 e. The fourth-order valence-electron chi connectivity index (χ4n) is 4.11. The summed E-state index contributed by atoms with van der Waals surface area (Å²) in [6, 6.07) is 12.5. The highest BCUT2D eigenvalue weighted by Gasteiger charge is 2.34. The van der Waals surface area contributed by atoms with Gasteiger partial charge in [-0.05, 0) is 62.7 Å². The van der Waals surface area contributed by atoms with E-state index in [1.54, 1.807) is 31.4 Å². The van der Waals surface area contributed by atoms with Gasteiger partial charge in [0.1, 0.15) is 0 Å². The molecule has 4 rings (SSSR count).